The average molecular weight is 789 g/mol. The molecule has 10 aromatic rings. The molecular weight excluding hydrogens is 745 g/mol. The van der Waals surface area contributed by atoms with Crippen LogP contribution in [0.15, 0.2) is 151 Å². The molecule has 2 aromatic heterocycles. The summed E-state index contributed by atoms with van der Waals surface area (Å²) >= 11 is 1.90. The lowest BCUT2D eigenvalue weighted by molar-refractivity contribution is 0.619. The Hall–Kier alpha value is -6.48. The lowest BCUT2D eigenvalue weighted by Crippen LogP contribution is -2.15. The second-order valence-corrected chi connectivity index (χ2v) is 19.3. The predicted octanol–water partition coefficient (Wildman–Crippen LogP) is 16.7. The molecule has 2 heteroatoms. The summed E-state index contributed by atoms with van der Waals surface area (Å²) in [6.07, 6.45) is 4.25. The molecule has 0 atom stereocenters. The van der Waals surface area contributed by atoms with Gasteiger partial charge in [0.15, 0.2) is 0 Å². The van der Waals surface area contributed by atoms with Crippen LogP contribution in [0, 0.1) is 13.8 Å². The van der Waals surface area contributed by atoms with E-state index in [9.17, 15) is 0 Å². The smallest absolute Gasteiger partial charge is 0.140 e. The minimum Gasteiger partial charge on any atom is -0.456 e. The number of benzene rings is 8. The van der Waals surface area contributed by atoms with Crippen LogP contribution in [0.3, 0.4) is 0 Å². The van der Waals surface area contributed by atoms with Crippen molar-refractivity contribution in [1.82, 2.24) is 0 Å². The lowest BCUT2D eigenvalue weighted by atomic mass is 9.80. The first-order chi connectivity index (χ1) is 29.0. The molecule has 0 amide bonds. The lowest BCUT2D eigenvalue weighted by Gasteiger charge is -2.22. The van der Waals surface area contributed by atoms with Gasteiger partial charge in [0.2, 0.25) is 0 Å². The fraction of sp³-hybridized carbons (Fsp3) is 0.138. The van der Waals surface area contributed by atoms with Crippen molar-refractivity contribution in [3.05, 3.63) is 191 Å². The largest absolute Gasteiger partial charge is 0.456 e. The van der Waals surface area contributed by atoms with Crippen LogP contribution in [-0.4, -0.2) is 0 Å². The van der Waals surface area contributed by atoms with Crippen LogP contribution >= 0.6 is 11.3 Å². The molecule has 2 heterocycles. The highest BCUT2D eigenvalue weighted by Gasteiger charge is 2.40. The van der Waals surface area contributed by atoms with Gasteiger partial charge in [-0.15, -0.1) is 11.3 Å². The van der Waals surface area contributed by atoms with Gasteiger partial charge in [-0.2, -0.15) is 0 Å². The van der Waals surface area contributed by atoms with Crippen LogP contribution < -0.4 is 0 Å². The van der Waals surface area contributed by atoms with Crippen molar-refractivity contribution in [2.45, 2.75) is 52.4 Å². The summed E-state index contributed by atoms with van der Waals surface area (Å²) in [7, 11) is 0. The maximum Gasteiger partial charge on any atom is 0.140 e. The molecule has 0 radical (unpaired) electrons. The molecule has 12 rings (SSSR count). The normalized spacial score (nSPS) is 14.9. The first-order valence-electron chi connectivity index (χ1n) is 21.1. The summed E-state index contributed by atoms with van der Waals surface area (Å²) in [5.41, 5.74) is 20.7. The van der Waals surface area contributed by atoms with Gasteiger partial charge in [0.25, 0.3) is 0 Å². The van der Waals surface area contributed by atoms with Gasteiger partial charge in [0.05, 0.1) is 0 Å². The molecule has 2 aliphatic rings. The molecule has 288 valence electrons. The van der Waals surface area contributed by atoms with Gasteiger partial charge in [-0.3, -0.25) is 0 Å². The monoisotopic (exact) mass is 788 g/mol. The van der Waals surface area contributed by atoms with E-state index in [1.54, 1.807) is 0 Å². The van der Waals surface area contributed by atoms with Crippen molar-refractivity contribution in [2.75, 3.05) is 0 Å². The van der Waals surface area contributed by atoms with E-state index >= 15 is 0 Å². The Kier molecular flexibility index (Phi) is 7.26. The molecule has 8 aromatic carbocycles. The first kappa shape index (κ1) is 35.5. The molecule has 0 saturated heterocycles. The SMILES string of the molecule is C=C/C(=C\c1cc2c(cc1C)-c1ccc3c(oc4cc5c(cc43)C(C)(C)c3cc4cc(-c6cccc7c6sc6ccc(C)cc67)ccc4cc3-5)c1C2(C)C)c1ccccc1. The number of furan rings is 1. The van der Waals surface area contributed by atoms with Gasteiger partial charge < -0.3 is 4.42 Å². The summed E-state index contributed by atoms with van der Waals surface area (Å²) in [6, 6.07) is 50.2. The average Bonchev–Trinajstić information content (AvgIpc) is 3.93. The Morgan fingerprint density at radius 3 is 2.20 bits per heavy atom. The molecule has 0 aliphatic heterocycles. The van der Waals surface area contributed by atoms with E-state index in [4.69, 9.17) is 4.42 Å². The van der Waals surface area contributed by atoms with Crippen LogP contribution in [0.5, 0.6) is 0 Å². The Labute approximate surface area is 354 Å². The predicted molar refractivity (Wildman–Crippen MR) is 259 cm³/mol. The van der Waals surface area contributed by atoms with E-state index in [0.717, 1.165) is 16.7 Å². The van der Waals surface area contributed by atoms with E-state index in [-0.39, 0.29) is 10.8 Å². The van der Waals surface area contributed by atoms with E-state index in [2.05, 4.69) is 188 Å². The third kappa shape index (κ3) is 4.86. The number of hydrogen-bond donors (Lipinski definition) is 0. The summed E-state index contributed by atoms with van der Waals surface area (Å²) in [5, 5.41) is 7.62. The number of thiophene rings is 1. The standard InChI is InChI=1S/C58H44OS/c1-8-34(35-13-10-9-11-14-35)25-38-28-50-44(24-33(38)3)41-20-21-42-47-30-51-46(31-52(47)59-55(42)54(41)58(50,6)7)45-27-36-18-19-37(26-39(36)29-49(45)57(51,4)5)40-15-12-16-43-48-23-32(2)17-22-53(48)60-56(40)43/h8-31H,1H2,2-7H3/b34-25+. The number of fused-ring (bicyclic) bond motifs is 14. The maximum absolute atomic E-state index is 7.06. The molecule has 60 heavy (non-hydrogen) atoms. The van der Waals surface area contributed by atoms with Crippen molar-refractivity contribution >= 4 is 75.9 Å². The summed E-state index contributed by atoms with van der Waals surface area (Å²) < 4.78 is 9.77. The van der Waals surface area contributed by atoms with Gasteiger partial charge in [0, 0.05) is 47.3 Å². The van der Waals surface area contributed by atoms with E-state index in [0.29, 0.717) is 0 Å². The zero-order valence-corrected chi connectivity index (χ0v) is 35.7. The highest BCUT2D eigenvalue weighted by atomic mass is 32.1. The van der Waals surface area contributed by atoms with Crippen molar-refractivity contribution in [1.29, 1.82) is 0 Å². The number of aryl methyl sites for hydroxylation is 2. The molecule has 0 saturated carbocycles. The highest BCUT2D eigenvalue weighted by molar-refractivity contribution is 7.26. The van der Waals surface area contributed by atoms with Crippen molar-refractivity contribution < 1.29 is 4.42 Å². The summed E-state index contributed by atoms with van der Waals surface area (Å²) in [6.45, 7) is 18.1. The second kappa shape index (κ2) is 12.3. The number of hydrogen-bond acceptors (Lipinski definition) is 2. The van der Waals surface area contributed by atoms with Crippen LogP contribution in [0.2, 0.25) is 0 Å². The third-order valence-electron chi connectivity index (χ3n) is 14.0. The zero-order chi connectivity index (χ0) is 40.8. The summed E-state index contributed by atoms with van der Waals surface area (Å²) in [5.74, 6) is 0. The number of rotatable bonds is 4. The van der Waals surface area contributed by atoms with Gasteiger partial charge in [-0.05, 0) is 158 Å². The first-order valence-corrected chi connectivity index (χ1v) is 21.9. The Balaban J connectivity index is 0.964. The van der Waals surface area contributed by atoms with Crippen LogP contribution in [0.4, 0.5) is 0 Å². The highest BCUT2D eigenvalue weighted by Crippen LogP contribution is 2.56. The molecule has 0 bridgehead atoms. The van der Waals surface area contributed by atoms with Crippen LogP contribution in [0.25, 0.3) is 97.9 Å². The maximum atomic E-state index is 7.06. The van der Waals surface area contributed by atoms with E-state index in [1.165, 1.54) is 120 Å². The minimum atomic E-state index is -0.247. The van der Waals surface area contributed by atoms with E-state index in [1.807, 2.05) is 17.4 Å². The van der Waals surface area contributed by atoms with Crippen molar-refractivity contribution in [3.63, 3.8) is 0 Å². The van der Waals surface area contributed by atoms with Gasteiger partial charge in [-0.1, -0.05) is 125 Å². The Morgan fingerprint density at radius 1 is 0.583 bits per heavy atom. The molecule has 0 spiro atoms. The molecule has 0 fully saturated rings. The Bertz CT molecular complexity index is 3560. The number of allylic oxidation sites excluding steroid dienone is 2. The fourth-order valence-corrected chi connectivity index (χ4v) is 12.0. The third-order valence-corrected chi connectivity index (χ3v) is 15.2. The van der Waals surface area contributed by atoms with Gasteiger partial charge in [0.1, 0.15) is 11.2 Å². The topological polar surface area (TPSA) is 13.1 Å². The molecule has 0 N–H and O–H groups in total. The van der Waals surface area contributed by atoms with Crippen molar-refractivity contribution in [2.24, 2.45) is 0 Å². The zero-order valence-electron chi connectivity index (χ0n) is 34.9. The van der Waals surface area contributed by atoms with Gasteiger partial charge in [-0.25, -0.2) is 0 Å². The second-order valence-electron chi connectivity index (χ2n) is 18.3. The molecule has 2 aliphatic carbocycles. The quantitative estimate of drug-likeness (QED) is 0.128. The van der Waals surface area contributed by atoms with E-state index < -0.39 is 0 Å². The Morgan fingerprint density at radius 2 is 1.37 bits per heavy atom. The van der Waals surface area contributed by atoms with Crippen LogP contribution in [-0.2, 0) is 10.8 Å². The molecular formula is C58H44OS. The summed E-state index contributed by atoms with van der Waals surface area (Å²) in [4.78, 5) is 0. The van der Waals surface area contributed by atoms with Crippen LogP contribution in [0.1, 0.15) is 72.2 Å². The molecule has 1 nitrogen and oxygen atoms in total. The van der Waals surface area contributed by atoms with Gasteiger partial charge >= 0.3 is 0 Å². The fourth-order valence-electron chi connectivity index (χ4n) is 10.8. The van der Waals surface area contributed by atoms with Crippen molar-refractivity contribution in [3.8, 4) is 33.4 Å². The molecule has 0 unspecified atom stereocenters. The minimum absolute atomic E-state index is 0.173.